The first-order valence-electron chi connectivity index (χ1n) is 9.77. The van der Waals surface area contributed by atoms with E-state index in [9.17, 15) is 8.78 Å². The van der Waals surface area contributed by atoms with Crippen LogP contribution in [0.5, 0.6) is 0 Å². The van der Waals surface area contributed by atoms with Crippen molar-refractivity contribution in [2.45, 2.75) is 51.2 Å². The number of nitrogen functional groups attached to an aromatic ring is 1. The van der Waals surface area contributed by atoms with Gasteiger partial charge in [0.1, 0.15) is 29.6 Å². The number of pyridine rings is 1. The molecule has 5 nitrogen and oxygen atoms in total. The van der Waals surface area contributed by atoms with Crippen LogP contribution in [0.4, 0.5) is 14.6 Å². The molecule has 156 valence electrons. The van der Waals surface area contributed by atoms with E-state index >= 15 is 0 Å². The molecule has 2 N–H and O–H groups in total. The molecule has 0 fully saturated rings. The van der Waals surface area contributed by atoms with Crippen molar-refractivity contribution in [3.05, 3.63) is 47.4 Å². The third kappa shape index (κ3) is 5.25. The highest BCUT2D eigenvalue weighted by Gasteiger charge is 2.15. The number of unbranched alkanes of at least 4 members (excludes halogenated alkanes) is 2. The molecule has 0 bridgehead atoms. The molecule has 0 radical (unpaired) electrons. The van der Waals surface area contributed by atoms with Crippen molar-refractivity contribution in [1.82, 2.24) is 14.5 Å². The van der Waals surface area contributed by atoms with Gasteiger partial charge in [0.2, 0.25) is 0 Å². The summed E-state index contributed by atoms with van der Waals surface area (Å²) in [5, 5.41) is 0. The summed E-state index contributed by atoms with van der Waals surface area (Å²) in [5.41, 5.74) is 8.79. The van der Waals surface area contributed by atoms with Crippen LogP contribution in [0.15, 0.2) is 29.3 Å². The number of thioether (sulfide) groups is 1. The molecule has 3 rings (SSSR count). The summed E-state index contributed by atoms with van der Waals surface area (Å²) in [6, 6.07) is 3.71. The quantitative estimate of drug-likeness (QED) is 0.365. The number of nitrogens with two attached hydrogens (primary N) is 1. The number of ether oxygens (including phenoxy) is 1. The lowest BCUT2D eigenvalue weighted by molar-refractivity contribution is 0.126. The normalized spacial score (nSPS) is 11.4. The molecule has 0 aliphatic heterocycles. The van der Waals surface area contributed by atoms with E-state index in [1.807, 2.05) is 13.8 Å². The molecule has 0 atom stereocenters. The van der Waals surface area contributed by atoms with E-state index in [0.29, 0.717) is 23.9 Å². The minimum absolute atomic E-state index is 0.430. The molecule has 29 heavy (non-hydrogen) atoms. The Morgan fingerprint density at radius 1 is 1.21 bits per heavy atom. The second-order valence-electron chi connectivity index (χ2n) is 6.82. The molecule has 8 heteroatoms. The van der Waals surface area contributed by atoms with Crippen LogP contribution in [-0.4, -0.2) is 26.9 Å². The molecular formula is C21H26F2N4OS. The van der Waals surface area contributed by atoms with Crippen LogP contribution < -0.4 is 5.73 Å². The van der Waals surface area contributed by atoms with Crippen molar-refractivity contribution in [2.24, 2.45) is 0 Å². The number of benzene rings is 1. The number of halogens is 2. The number of anilines is 1. The Balaban J connectivity index is 1.59. The first-order valence-corrected chi connectivity index (χ1v) is 10.8. The van der Waals surface area contributed by atoms with E-state index in [1.165, 1.54) is 23.9 Å². The second-order valence-corrected chi connectivity index (χ2v) is 7.96. The smallest absolute Gasteiger partial charge is 0.151 e. The van der Waals surface area contributed by atoms with E-state index in [4.69, 9.17) is 10.5 Å². The van der Waals surface area contributed by atoms with Gasteiger partial charge in [-0.1, -0.05) is 6.42 Å². The van der Waals surface area contributed by atoms with Crippen LogP contribution in [0.25, 0.3) is 11.0 Å². The first-order chi connectivity index (χ1) is 14.0. The van der Waals surface area contributed by atoms with Crippen LogP contribution in [0.3, 0.4) is 0 Å². The number of imidazole rings is 1. The van der Waals surface area contributed by atoms with Gasteiger partial charge in [0.25, 0.3) is 0 Å². The van der Waals surface area contributed by atoms with Crippen molar-refractivity contribution in [2.75, 3.05) is 18.1 Å². The molecule has 0 saturated carbocycles. The molecule has 2 aromatic heterocycles. The maximum atomic E-state index is 13.7. The van der Waals surface area contributed by atoms with E-state index in [-0.39, 0.29) is 0 Å². The van der Waals surface area contributed by atoms with Crippen molar-refractivity contribution >= 4 is 28.6 Å². The Kier molecular flexibility index (Phi) is 7.44. The van der Waals surface area contributed by atoms with E-state index in [1.54, 1.807) is 6.20 Å². The molecule has 0 spiro atoms. The molecular weight excluding hydrogens is 394 g/mol. The molecule has 2 heterocycles. The van der Waals surface area contributed by atoms with Gasteiger partial charge in [0.15, 0.2) is 5.82 Å². The summed E-state index contributed by atoms with van der Waals surface area (Å²) in [7, 11) is 0. The van der Waals surface area contributed by atoms with Gasteiger partial charge in [0.05, 0.1) is 5.52 Å². The standard InChI is InChI=1S/C21H26F2N4OS/c1-3-28-13-18-26-19-20(14(2)12-25-21(19)24)27(18)9-5-4-6-10-29-17-8-7-15(22)11-16(17)23/h7-8,11-12H,3-6,9-10,13H2,1-2H3,(H2,24,25). The molecule has 0 unspecified atom stereocenters. The Hall–Kier alpha value is -2.19. The fourth-order valence-electron chi connectivity index (χ4n) is 3.23. The number of rotatable bonds is 10. The van der Waals surface area contributed by atoms with Crippen LogP contribution in [0.2, 0.25) is 0 Å². The monoisotopic (exact) mass is 420 g/mol. The van der Waals surface area contributed by atoms with Gasteiger partial charge in [0, 0.05) is 30.3 Å². The number of hydrogen-bond acceptors (Lipinski definition) is 5. The van der Waals surface area contributed by atoms with Gasteiger partial charge < -0.3 is 15.0 Å². The second kappa shape index (κ2) is 10.0. The van der Waals surface area contributed by atoms with Crippen LogP contribution in [-0.2, 0) is 17.9 Å². The Morgan fingerprint density at radius 3 is 2.79 bits per heavy atom. The maximum Gasteiger partial charge on any atom is 0.151 e. The lowest BCUT2D eigenvalue weighted by Gasteiger charge is -2.11. The van der Waals surface area contributed by atoms with Gasteiger partial charge in [-0.3, -0.25) is 0 Å². The zero-order valence-electron chi connectivity index (χ0n) is 16.8. The molecule has 0 saturated heterocycles. The third-order valence-corrected chi connectivity index (χ3v) is 5.81. The summed E-state index contributed by atoms with van der Waals surface area (Å²) in [6.07, 6.45) is 4.66. The average molecular weight is 421 g/mol. The van der Waals surface area contributed by atoms with Crippen LogP contribution in [0.1, 0.15) is 37.6 Å². The molecule has 0 amide bonds. The van der Waals surface area contributed by atoms with Gasteiger partial charge >= 0.3 is 0 Å². The van der Waals surface area contributed by atoms with Crippen molar-refractivity contribution in [3.8, 4) is 0 Å². The number of hydrogen-bond donors (Lipinski definition) is 1. The zero-order valence-corrected chi connectivity index (χ0v) is 17.6. The van der Waals surface area contributed by atoms with Crippen molar-refractivity contribution in [1.29, 1.82) is 0 Å². The topological polar surface area (TPSA) is 66.0 Å². The SMILES string of the molecule is CCOCc1nc2c(N)ncc(C)c2n1CCCCCSc1ccc(F)cc1F. The fourth-order valence-corrected chi connectivity index (χ4v) is 4.16. The maximum absolute atomic E-state index is 13.7. The van der Waals surface area contributed by atoms with Crippen molar-refractivity contribution in [3.63, 3.8) is 0 Å². The largest absolute Gasteiger partial charge is 0.382 e. The van der Waals surface area contributed by atoms with Gasteiger partial charge in [-0.2, -0.15) is 0 Å². The lowest BCUT2D eigenvalue weighted by Crippen LogP contribution is -2.07. The highest BCUT2D eigenvalue weighted by molar-refractivity contribution is 7.99. The number of aromatic nitrogens is 3. The minimum Gasteiger partial charge on any atom is -0.382 e. The molecule has 0 aliphatic rings. The zero-order chi connectivity index (χ0) is 20.8. The lowest BCUT2D eigenvalue weighted by atomic mass is 10.2. The molecule has 1 aromatic carbocycles. The summed E-state index contributed by atoms with van der Waals surface area (Å²) < 4.78 is 34.4. The first kappa shape index (κ1) is 21.5. The predicted molar refractivity (Wildman–Crippen MR) is 113 cm³/mol. The Labute approximate surface area is 173 Å². The highest BCUT2D eigenvalue weighted by atomic mass is 32.2. The number of nitrogens with zero attached hydrogens (tertiary/aromatic N) is 3. The van der Waals surface area contributed by atoms with Gasteiger partial charge in [-0.25, -0.2) is 18.7 Å². The van der Waals surface area contributed by atoms with Crippen LogP contribution >= 0.6 is 11.8 Å². The Morgan fingerprint density at radius 2 is 2.03 bits per heavy atom. The summed E-state index contributed by atoms with van der Waals surface area (Å²) in [4.78, 5) is 9.35. The Bertz CT molecular complexity index is 977. The number of fused-ring (bicyclic) bond motifs is 1. The fraction of sp³-hybridized carbons (Fsp3) is 0.429. The molecule has 3 aromatic rings. The van der Waals surface area contributed by atoms with E-state index < -0.39 is 11.6 Å². The average Bonchev–Trinajstić information content (AvgIpc) is 3.07. The number of aryl methyl sites for hydroxylation is 2. The van der Waals surface area contributed by atoms with E-state index in [0.717, 1.165) is 60.0 Å². The predicted octanol–water partition coefficient (Wildman–Crippen LogP) is 5.10. The third-order valence-electron chi connectivity index (χ3n) is 4.67. The van der Waals surface area contributed by atoms with E-state index in [2.05, 4.69) is 14.5 Å². The van der Waals surface area contributed by atoms with Crippen LogP contribution in [0, 0.1) is 18.6 Å². The van der Waals surface area contributed by atoms with Crippen molar-refractivity contribution < 1.29 is 13.5 Å². The summed E-state index contributed by atoms with van der Waals surface area (Å²) in [6.45, 7) is 5.82. The summed E-state index contributed by atoms with van der Waals surface area (Å²) in [5.74, 6) is 1.03. The minimum atomic E-state index is -0.548. The van der Waals surface area contributed by atoms with Gasteiger partial charge in [-0.05, 0) is 50.1 Å². The van der Waals surface area contributed by atoms with Gasteiger partial charge in [-0.15, -0.1) is 11.8 Å². The molecule has 0 aliphatic carbocycles. The summed E-state index contributed by atoms with van der Waals surface area (Å²) >= 11 is 1.42. The highest BCUT2D eigenvalue weighted by Crippen LogP contribution is 2.26.